The predicted molar refractivity (Wildman–Crippen MR) is 73.7 cm³/mol. The normalized spacial score (nSPS) is 11.2. The third-order valence-corrected chi connectivity index (χ3v) is 3.61. The topological polar surface area (TPSA) is 72.2 Å². The summed E-state index contributed by atoms with van der Waals surface area (Å²) in [7, 11) is -3.22. The van der Waals surface area contributed by atoms with Crippen LogP contribution in [0.15, 0.2) is 53.4 Å². The first-order valence-corrected chi connectivity index (χ1v) is 7.27. The molecule has 94 valence electrons. The van der Waals surface area contributed by atoms with Crippen LogP contribution in [0.3, 0.4) is 0 Å². The van der Waals surface area contributed by atoms with Crippen molar-refractivity contribution >= 4 is 26.9 Å². The number of hydrogen-bond acceptors (Lipinski definition) is 4. The molecule has 0 aliphatic carbocycles. The summed E-state index contributed by atoms with van der Waals surface area (Å²) in [4.78, 5) is 0.221. The first-order chi connectivity index (χ1) is 8.47. The maximum Gasteiger partial charge on any atom is 0.175 e. The average molecular weight is 262 g/mol. The van der Waals surface area contributed by atoms with Crippen molar-refractivity contribution in [2.45, 2.75) is 4.90 Å². The van der Waals surface area contributed by atoms with E-state index in [1.54, 1.807) is 6.07 Å². The van der Waals surface area contributed by atoms with Crippen molar-refractivity contribution in [3.63, 3.8) is 0 Å². The summed E-state index contributed by atoms with van der Waals surface area (Å²) in [5.41, 5.74) is 7.83. The minimum atomic E-state index is -3.22. The van der Waals surface area contributed by atoms with Gasteiger partial charge in [0.05, 0.1) is 16.3 Å². The third-order valence-electron chi connectivity index (χ3n) is 2.50. The van der Waals surface area contributed by atoms with Crippen LogP contribution in [-0.2, 0) is 9.84 Å². The molecule has 0 amide bonds. The molecule has 0 atom stereocenters. The Hall–Kier alpha value is -2.01. The molecule has 0 saturated heterocycles. The maximum atomic E-state index is 11.4. The van der Waals surface area contributed by atoms with Gasteiger partial charge in [-0.2, -0.15) is 0 Å². The van der Waals surface area contributed by atoms with E-state index in [-0.39, 0.29) is 4.90 Å². The summed E-state index contributed by atoms with van der Waals surface area (Å²) in [6.07, 6.45) is 1.16. The van der Waals surface area contributed by atoms with Crippen molar-refractivity contribution in [3.8, 4) is 0 Å². The highest BCUT2D eigenvalue weighted by Gasteiger charge is 2.09. The lowest BCUT2D eigenvalue weighted by Crippen LogP contribution is -2.01. The Kier molecular flexibility index (Phi) is 3.25. The number of nitrogens with one attached hydrogen (secondary N) is 1. The molecule has 4 nitrogen and oxygen atoms in total. The molecule has 0 radical (unpaired) electrons. The molecule has 0 bridgehead atoms. The van der Waals surface area contributed by atoms with Crippen LogP contribution in [0.1, 0.15) is 0 Å². The molecular weight excluding hydrogens is 248 g/mol. The Labute approximate surface area is 106 Å². The zero-order valence-corrected chi connectivity index (χ0v) is 10.7. The largest absolute Gasteiger partial charge is 0.397 e. The number of nitrogens with two attached hydrogens (primary N) is 1. The lowest BCUT2D eigenvalue weighted by molar-refractivity contribution is 0.602. The number of nitrogen functional groups attached to an aromatic ring is 1. The van der Waals surface area contributed by atoms with Gasteiger partial charge in [0.2, 0.25) is 0 Å². The van der Waals surface area contributed by atoms with Crippen LogP contribution in [0.5, 0.6) is 0 Å². The summed E-state index contributed by atoms with van der Waals surface area (Å²) in [5, 5.41) is 3.13. The fraction of sp³-hybridized carbons (Fsp3) is 0.0769. The standard InChI is InChI=1S/C13H14N2O2S/c1-18(16,17)11-7-8-13(12(14)9-11)15-10-5-3-2-4-6-10/h2-9,15H,14H2,1H3. The van der Waals surface area contributed by atoms with Crippen molar-refractivity contribution in [1.29, 1.82) is 0 Å². The molecule has 0 aliphatic heterocycles. The van der Waals surface area contributed by atoms with E-state index in [2.05, 4.69) is 5.32 Å². The molecular formula is C13H14N2O2S. The summed E-state index contributed by atoms with van der Waals surface area (Å²) in [6, 6.07) is 14.2. The van der Waals surface area contributed by atoms with Crippen molar-refractivity contribution in [2.75, 3.05) is 17.3 Å². The van der Waals surface area contributed by atoms with Crippen LogP contribution in [-0.4, -0.2) is 14.7 Å². The Morgan fingerprint density at radius 3 is 2.28 bits per heavy atom. The van der Waals surface area contributed by atoms with Gasteiger partial charge in [-0.25, -0.2) is 8.42 Å². The van der Waals surface area contributed by atoms with E-state index < -0.39 is 9.84 Å². The van der Waals surface area contributed by atoms with Crippen molar-refractivity contribution in [2.24, 2.45) is 0 Å². The fourth-order valence-electron chi connectivity index (χ4n) is 1.56. The van der Waals surface area contributed by atoms with Gasteiger partial charge in [0.15, 0.2) is 9.84 Å². The predicted octanol–water partition coefficient (Wildman–Crippen LogP) is 2.42. The molecule has 0 aromatic heterocycles. The molecule has 0 fully saturated rings. The highest BCUT2D eigenvalue weighted by molar-refractivity contribution is 7.90. The van der Waals surface area contributed by atoms with Gasteiger partial charge in [-0.1, -0.05) is 18.2 Å². The molecule has 0 spiro atoms. The molecule has 0 aliphatic rings. The highest BCUT2D eigenvalue weighted by Crippen LogP contribution is 2.25. The second kappa shape index (κ2) is 4.70. The van der Waals surface area contributed by atoms with E-state index in [1.165, 1.54) is 12.1 Å². The minimum Gasteiger partial charge on any atom is -0.397 e. The number of anilines is 3. The first kappa shape index (κ1) is 12.4. The van der Waals surface area contributed by atoms with Crippen molar-refractivity contribution in [1.82, 2.24) is 0 Å². The van der Waals surface area contributed by atoms with E-state index >= 15 is 0 Å². The van der Waals surface area contributed by atoms with E-state index in [0.29, 0.717) is 11.4 Å². The van der Waals surface area contributed by atoms with Crippen LogP contribution < -0.4 is 11.1 Å². The van der Waals surface area contributed by atoms with E-state index in [1.807, 2.05) is 30.3 Å². The number of hydrogen-bond donors (Lipinski definition) is 2. The average Bonchev–Trinajstić information content (AvgIpc) is 2.32. The van der Waals surface area contributed by atoms with Crippen LogP contribution >= 0.6 is 0 Å². The zero-order valence-electron chi connectivity index (χ0n) is 9.92. The Bertz CT molecular complexity index is 652. The number of para-hydroxylation sites is 1. The Morgan fingerprint density at radius 1 is 1.06 bits per heavy atom. The Balaban J connectivity index is 2.32. The molecule has 0 unspecified atom stereocenters. The second-order valence-corrected chi connectivity index (χ2v) is 6.03. The maximum absolute atomic E-state index is 11.4. The molecule has 0 heterocycles. The number of rotatable bonds is 3. The summed E-state index contributed by atoms with van der Waals surface area (Å²) < 4.78 is 22.8. The Morgan fingerprint density at radius 2 is 1.72 bits per heavy atom. The van der Waals surface area contributed by atoms with E-state index in [9.17, 15) is 8.42 Å². The summed E-state index contributed by atoms with van der Waals surface area (Å²) in [6.45, 7) is 0. The molecule has 2 rings (SSSR count). The highest BCUT2D eigenvalue weighted by atomic mass is 32.2. The summed E-state index contributed by atoms with van der Waals surface area (Å²) in [5.74, 6) is 0. The SMILES string of the molecule is CS(=O)(=O)c1ccc(Nc2ccccc2)c(N)c1. The molecule has 5 heteroatoms. The smallest absolute Gasteiger partial charge is 0.175 e. The van der Waals surface area contributed by atoms with E-state index in [4.69, 9.17) is 5.73 Å². The van der Waals surface area contributed by atoms with Crippen LogP contribution in [0, 0.1) is 0 Å². The van der Waals surface area contributed by atoms with Gasteiger partial charge in [0.25, 0.3) is 0 Å². The van der Waals surface area contributed by atoms with Crippen LogP contribution in [0.25, 0.3) is 0 Å². The lowest BCUT2D eigenvalue weighted by atomic mass is 10.2. The first-order valence-electron chi connectivity index (χ1n) is 5.38. The molecule has 0 saturated carbocycles. The van der Waals surface area contributed by atoms with Gasteiger partial charge < -0.3 is 11.1 Å². The molecule has 2 aromatic rings. The van der Waals surface area contributed by atoms with Crippen LogP contribution in [0.2, 0.25) is 0 Å². The molecule has 3 N–H and O–H groups in total. The van der Waals surface area contributed by atoms with Crippen molar-refractivity contribution < 1.29 is 8.42 Å². The van der Waals surface area contributed by atoms with Gasteiger partial charge in [-0.05, 0) is 30.3 Å². The van der Waals surface area contributed by atoms with Gasteiger partial charge >= 0.3 is 0 Å². The second-order valence-electron chi connectivity index (χ2n) is 4.01. The van der Waals surface area contributed by atoms with Gasteiger partial charge in [-0.15, -0.1) is 0 Å². The number of benzene rings is 2. The fourth-order valence-corrected chi connectivity index (χ4v) is 2.22. The monoisotopic (exact) mass is 262 g/mol. The van der Waals surface area contributed by atoms with E-state index in [0.717, 1.165) is 11.9 Å². The zero-order chi connectivity index (χ0) is 13.2. The lowest BCUT2D eigenvalue weighted by Gasteiger charge is -2.10. The van der Waals surface area contributed by atoms with Gasteiger partial charge in [0.1, 0.15) is 0 Å². The number of sulfone groups is 1. The third kappa shape index (κ3) is 2.81. The van der Waals surface area contributed by atoms with Gasteiger partial charge in [-0.3, -0.25) is 0 Å². The summed E-state index contributed by atoms with van der Waals surface area (Å²) >= 11 is 0. The minimum absolute atomic E-state index is 0.221. The van der Waals surface area contributed by atoms with Gasteiger partial charge in [0, 0.05) is 11.9 Å². The molecule has 2 aromatic carbocycles. The van der Waals surface area contributed by atoms with Crippen LogP contribution in [0.4, 0.5) is 17.1 Å². The molecule has 18 heavy (non-hydrogen) atoms. The van der Waals surface area contributed by atoms with Crippen molar-refractivity contribution in [3.05, 3.63) is 48.5 Å². The quantitative estimate of drug-likeness (QED) is 0.833.